The highest BCUT2D eigenvalue weighted by atomic mass is 127. The summed E-state index contributed by atoms with van der Waals surface area (Å²) in [5.74, 6) is 0.455. The molecule has 3 N–H and O–H groups in total. The largest absolute Gasteiger partial charge is 0.383 e. The van der Waals surface area contributed by atoms with Crippen LogP contribution in [0, 0.1) is 0 Å². The summed E-state index contributed by atoms with van der Waals surface area (Å²) in [7, 11) is 3.81. The maximum Gasteiger partial charge on any atom is 0.189 e. The minimum atomic E-state index is 0. The molecule has 0 heterocycles. The lowest BCUT2D eigenvalue weighted by molar-refractivity contribution is 0.179. The molecule has 23 heavy (non-hydrogen) atoms. The molecule has 1 rings (SSSR count). The number of guanidine groups is 1. The Balaban J connectivity index is 0.00000484. The molecule has 0 aromatic heterocycles. The molecule has 1 aromatic rings. The second-order valence-corrected chi connectivity index (χ2v) is 5.98. The van der Waals surface area contributed by atoms with Gasteiger partial charge in [-0.2, -0.15) is 0 Å². The van der Waals surface area contributed by atoms with Crippen LogP contribution < -0.4 is 11.1 Å². The molecule has 0 aliphatic rings. The lowest BCUT2D eigenvalue weighted by Crippen LogP contribution is -2.40. The normalized spacial score (nSPS) is 13.1. The number of ether oxygens (including phenoxy) is 1. The summed E-state index contributed by atoms with van der Waals surface area (Å²) in [6.45, 7) is 8.50. The summed E-state index contributed by atoms with van der Waals surface area (Å²) >= 11 is 0. The Labute approximate surface area is 157 Å². The van der Waals surface area contributed by atoms with Crippen molar-refractivity contribution in [2.75, 3.05) is 20.8 Å². The molecule has 132 valence electrons. The van der Waals surface area contributed by atoms with Crippen molar-refractivity contribution < 1.29 is 4.74 Å². The summed E-state index contributed by atoms with van der Waals surface area (Å²) in [5.41, 5.74) is 8.42. The minimum Gasteiger partial charge on any atom is -0.383 e. The van der Waals surface area contributed by atoms with E-state index in [9.17, 15) is 0 Å². The van der Waals surface area contributed by atoms with Crippen LogP contribution in [0.15, 0.2) is 29.3 Å². The molecule has 0 saturated carbocycles. The molecule has 6 heteroatoms. The number of halogens is 1. The molecule has 0 spiro atoms. The number of benzene rings is 1. The van der Waals surface area contributed by atoms with Gasteiger partial charge in [0.15, 0.2) is 5.96 Å². The zero-order chi connectivity index (χ0) is 16.5. The van der Waals surface area contributed by atoms with Gasteiger partial charge in [0.05, 0.1) is 13.2 Å². The number of hydrogen-bond donors (Lipinski definition) is 2. The lowest BCUT2D eigenvalue weighted by atomic mass is 10.1. The first-order valence-electron chi connectivity index (χ1n) is 7.76. The number of nitrogens with one attached hydrogen (secondary N) is 1. The molecule has 0 saturated heterocycles. The molecular weight excluding hydrogens is 403 g/mol. The first-order valence-corrected chi connectivity index (χ1v) is 7.76. The van der Waals surface area contributed by atoms with Gasteiger partial charge < -0.3 is 15.8 Å². The van der Waals surface area contributed by atoms with E-state index in [0.717, 1.165) is 6.54 Å². The fourth-order valence-electron chi connectivity index (χ4n) is 2.08. The predicted octanol–water partition coefficient (Wildman–Crippen LogP) is 2.58. The second kappa shape index (κ2) is 11.6. The number of aliphatic imine (C=N–C) groups is 1. The Morgan fingerprint density at radius 3 is 2.43 bits per heavy atom. The SMILES string of the molecule is COCC(C)NC(N)=NCc1ccccc1CN(C)C(C)C.I. The molecule has 1 aromatic carbocycles. The summed E-state index contributed by atoms with van der Waals surface area (Å²) in [5, 5.41) is 3.12. The van der Waals surface area contributed by atoms with Crippen molar-refractivity contribution in [1.82, 2.24) is 10.2 Å². The fraction of sp³-hybridized carbons (Fsp3) is 0.588. The summed E-state index contributed by atoms with van der Waals surface area (Å²) in [6.07, 6.45) is 0. The summed E-state index contributed by atoms with van der Waals surface area (Å²) in [4.78, 5) is 6.75. The van der Waals surface area contributed by atoms with Gasteiger partial charge in [0.1, 0.15) is 0 Å². The molecule has 0 bridgehead atoms. The van der Waals surface area contributed by atoms with E-state index in [1.807, 2.05) is 13.0 Å². The van der Waals surface area contributed by atoms with Crippen molar-refractivity contribution in [2.24, 2.45) is 10.7 Å². The Bertz CT molecular complexity index is 479. The maximum atomic E-state index is 5.93. The first kappa shape index (κ1) is 22.1. The van der Waals surface area contributed by atoms with Gasteiger partial charge in [0.2, 0.25) is 0 Å². The zero-order valence-electron chi connectivity index (χ0n) is 14.9. The molecule has 1 unspecified atom stereocenters. The first-order chi connectivity index (χ1) is 10.4. The van der Waals surface area contributed by atoms with Crippen LogP contribution in [0.1, 0.15) is 31.9 Å². The van der Waals surface area contributed by atoms with Crippen molar-refractivity contribution >= 4 is 29.9 Å². The highest BCUT2D eigenvalue weighted by Gasteiger charge is 2.08. The topological polar surface area (TPSA) is 62.9 Å². The number of hydrogen-bond acceptors (Lipinski definition) is 3. The van der Waals surface area contributed by atoms with Gasteiger partial charge in [-0.05, 0) is 38.9 Å². The van der Waals surface area contributed by atoms with E-state index in [1.54, 1.807) is 7.11 Å². The Morgan fingerprint density at radius 2 is 1.87 bits per heavy atom. The van der Waals surface area contributed by atoms with Crippen LogP contribution in [-0.2, 0) is 17.8 Å². The Hall–Kier alpha value is -0.860. The van der Waals surface area contributed by atoms with Gasteiger partial charge in [-0.15, -0.1) is 24.0 Å². The average Bonchev–Trinajstić information content (AvgIpc) is 2.46. The number of methoxy groups -OCH3 is 1. The van der Waals surface area contributed by atoms with Gasteiger partial charge in [-0.3, -0.25) is 4.90 Å². The van der Waals surface area contributed by atoms with Crippen molar-refractivity contribution in [2.45, 2.75) is 45.9 Å². The van der Waals surface area contributed by atoms with Gasteiger partial charge in [-0.1, -0.05) is 24.3 Å². The van der Waals surface area contributed by atoms with E-state index >= 15 is 0 Å². The zero-order valence-corrected chi connectivity index (χ0v) is 17.2. The van der Waals surface area contributed by atoms with E-state index in [0.29, 0.717) is 25.2 Å². The lowest BCUT2D eigenvalue weighted by Gasteiger charge is -2.22. The third kappa shape index (κ3) is 8.53. The average molecular weight is 434 g/mol. The van der Waals surface area contributed by atoms with Crippen molar-refractivity contribution in [3.63, 3.8) is 0 Å². The van der Waals surface area contributed by atoms with Crippen LogP contribution in [0.3, 0.4) is 0 Å². The highest BCUT2D eigenvalue weighted by molar-refractivity contribution is 14.0. The summed E-state index contributed by atoms with van der Waals surface area (Å²) < 4.78 is 5.07. The van der Waals surface area contributed by atoms with E-state index in [1.165, 1.54) is 11.1 Å². The number of nitrogens with two attached hydrogens (primary N) is 1. The van der Waals surface area contributed by atoms with Crippen LogP contribution in [0.5, 0.6) is 0 Å². The van der Waals surface area contributed by atoms with Crippen molar-refractivity contribution in [3.8, 4) is 0 Å². The molecule has 0 amide bonds. The third-order valence-corrected chi connectivity index (χ3v) is 3.65. The van der Waals surface area contributed by atoms with E-state index in [2.05, 4.69) is 54.3 Å². The van der Waals surface area contributed by atoms with Crippen molar-refractivity contribution in [1.29, 1.82) is 0 Å². The highest BCUT2D eigenvalue weighted by Crippen LogP contribution is 2.13. The van der Waals surface area contributed by atoms with Gasteiger partial charge >= 0.3 is 0 Å². The smallest absolute Gasteiger partial charge is 0.189 e. The van der Waals surface area contributed by atoms with Crippen LogP contribution in [0.2, 0.25) is 0 Å². The molecule has 1 atom stereocenters. The van der Waals surface area contributed by atoms with Crippen LogP contribution in [-0.4, -0.2) is 43.7 Å². The Morgan fingerprint density at radius 1 is 1.26 bits per heavy atom. The third-order valence-electron chi connectivity index (χ3n) is 3.65. The van der Waals surface area contributed by atoms with E-state index < -0.39 is 0 Å². The minimum absolute atomic E-state index is 0. The van der Waals surface area contributed by atoms with Gasteiger partial charge in [0.25, 0.3) is 0 Å². The molecule has 0 radical (unpaired) electrons. The molecule has 0 aliphatic heterocycles. The molecule has 0 aliphatic carbocycles. The molecule has 0 fully saturated rings. The van der Waals surface area contributed by atoms with Crippen LogP contribution in [0.25, 0.3) is 0 Å². The van der Waals surface area contributed by atoms with Crippen molar-refractivity contribution in [3.05, 3.63) is 35.4 Å². The monoisotopic (exact) mass is 434 g/mol. The molecule has 5 nitrogen and oxygen atoms in total. The van der Waals surface area contributed by atoms with E-state index in [-0.39, 0.29) is 30.0 Å². The molecular formula is C17H31IN4O. The predicted molar refractivity (Wildman–Crippen MR) is 108 cm³/mol. The van der Waals surface area contributed by atoms with Gasteiger partial charge in [0, 0.05) is 25.7 Å². The number of nitrogens with zero attached hydrogens (tertiary/aromatic N) is 2. The van der Waals surface area contributed by atoms with E-state index in [4.69, 9.17) is 10.5 Å². The Kier molecular flexibility index (Phi) is 11.2. The number of rotatable bonds is 8. The van der Waals surface area contributed by atoms with Gasteiger partial charge in [-0.25, -0.2) is 4.99 Å². The summed E-state index contributed by atoms with van der Waals surface area (Å²) in [6, 6.07) is 9.04. The van der Waals surface area contributed by atoms with Crippen LogP contribution >= 0.6 is 24.0 Å². The van der Waals surface area contributed by atoms with Crippen LogP contribution in [0.4, 0.5) is 0 Å². The standard InChI is InChI=1S/C17H30N4O.HI/c1-13(2)21(4)11-16-9-7-6-8-15(16)10-19-17(18)20-14(3)12-22-5;/h6-9,13-14H,10-12H2,1-5H3,(H3,18,19,20);1H. The fourth-order valence-corrected chi connectivity index (χ4v) is 2.08. The quantitative estimate of drug-likeness (QED) is 0.375. The second-order valence-electron chi connectivity index (χ2n) is 5.98. The maximum absolute atomic E-state index is 5.93.